The molecule has 0 atom stereocenters. The molecule has 5 rings (SSSR count). The van der Waals surface area contributed by atoms with Crippen molar-refractivity contribution < 1.29 is 4.39 Å². The number of fused-ring (bicyclic) bond motifs is 3. The number of hydrogen-bond donors (Lipinski definition) is 1. The Morgan fingerprint density at radius 1 is 0.806 bits per heavy atom. The molecular weight excluding hydrogens is 383 g/mol. The first-order valence-corrected chi connectivity index (χ1v) is 10.6. The summed E-state index contributed by atoms with van der Waals surface area (Å²) in [6.45, 7) is 8.73. The minimum absolute atomic E-state index is 0.0947. The Balaban J connectivity index is 1.79. The largest absolute Gasteiger partial charge is 0.339 e. The molecule has 0 saturated heterocycles. The first-order chi connectivity index (χ1) is 14.8. The van der Waals surface area contributed by atoms with E-state index in [1.54, 1.807) is 0 Å². The van der Waals surface area contributed by atoms with Crippen LogP contribution in [0.2, 0.25) is 0 Å². The Kier molecular flexibility index (Phi) is 4.44. The van der Waals surface area contributed by atoms with Gasteiger partial charge in [-0.05, 0) is 53.3 Å². The van der Waals surface area contributed by atoms with Crippen LogP contribution >= 0.6 is 0 Å². The van der Waals surface area contributed by atoms with Gasteiger partial charge in [0.1, 0.15) is 11.5 Å². The molecule has 0 aliphatic rings. The minimum Gasteiger partial charge on any atom is -0.339 e. The summed E-state index contributed by atoms with van der Waals surface area (Å²) in [6.07, 6.45) is 0. The van der Waals surface area contributed by atoms with Gasteiger partial charge in [0.25, 0.3) is 0 Å². The molecule has 3 heteroatoms. The standard InChI is InChI=1S/C28H25FN2/c1-17-5-7-19(8-6-17)24-16-23(18-9-11-20(12-10-18)28(2,3)4)26-22-14-13-21(29)15-25(22)31-27(26)30-24/h5-16H,1-4H3,(H,30,31). The molecule has 0 aliphatic heterocycles. The SMILES string of the molecule is Cc1ccc(-c2cc(-c3ccc(C(C)(C)C)cc3)c3c(n2)[nH]c2cc(F)ccc23)cc1. The number of nitrogens with zero attached hydrogens (tertiary/aromatic N) is 1. The third kappa shape index (κ3) is 3.50. The lowest BCUT2D eigenvalue weighted by Crippen LogP contribution is -2.10. The maximum Gasteiger partial charge on any atom is 0.139 e. The van der Waals surface area contributed by atoms with Crippen LogP contribution in [0.1, 0.15) is 31.9 Å². The topological polar surface area (TPSA) is 28.7 Å². The van der Waals surface area contributed by atoms with E-state index in [1.807, 2.05) is 6.07 Å². The molecule has 0 radical (unpaired) electrons. The van der Waals surface area contributed by atoms with E-state index in [-0.39, 0.29) is 11.2 Å². The van der Waals surface area contributed by atoms with E-state index in [1.165, 1.54) is 23.3 Å². The van der Waals surface area contributed by atoms with Gasteiger partial charge in [-0.2, -0.15) is 0 Å². The molecule has 154 valence electrons. The van der Waals surface area contributed by atoms with Crippen LogP contribution in [0.4, 0.5) is 4.39 Å². The fourth-order valence-electron chi connectivity index (χ4n) is 4.12. The van der Waals surface area contributed by atoms with Crippen LogP contribution in [0, 0.1) is 12.7 Å². The molecule has 2 heterocycles. The number of aryl methyl sites for hydroxylation is 1. The van der Waals surface area contributed by atoms with Crippen molar-refractivity contribution in [3.05, 3.63) is 89.7 Å². The zero-order valence-corrected chi connectivity index (χ0v) is 18.3. The van der Waals surface area contributed by atoms with Gasteiger partial charge in [0, 0.05) is 16.3 Å². The van der Waals surface area contributed by atoms with E-state index >= 15 is 0 Å². The monoisotopic (exact) mass is 408 g/mol. The predicted octanol–water partition coefficient (Wildman–Crippen LogP) is 7.80. The van der Waals surface area contributed by atoms with Crippen molar-refractivity contribution in [1.82, 2.24) is 9.97 Å². The lowest BCUT2D eigenvalue weighted by atomic mass is 9.86. The number of H-pyrrole nitrogens is 1. The van der Waals surface area contributed by atoms with E-state index in [4.69, 9.17) is 4.98 Å². The van der Waals surface area contributed by atoms with E-state index < -0.39 is 0 Å². The van der Waals surface area contributed by atoms with Crippen LogP contribution < -0.4 is 0 Å². The number of nitrogens with one attached hydrogen (secondary N) is 1. The average Bonchev–Trinajstić information content (AvgIpc) is 3.10. The van der Waals surface area contributed by atoms with Gasteiger partial charge in [-0.25, -0.2) is 9.37 Å². The van der Waals surface area contributed by atoms with Crippen LogP contribution in [0.15, 0.2) is 72.8 Å². The number of aromatic nitrogens is 2. The molecule has 2 nitrogen and oxygen atoms in total. The number of hydrogen-bond acceptors (Lipinski definition) is 1. The highest BCUT2D eigenvalue weighted by molar-refractivity contribution is 6.13. The normalized spacial score (nSPS) is 12.0. The third-order valence-corrected chi connectivity index (χ3v) is 5.93. The van der Waals surface area contributed by atoms with Gasteiger partial charge in [0.2, 0.25) is 0 Å². The Morgan fingerprint density at radius 2 is 1.48 bits per heavy atom. The molecule has 0 saturated carbocycles. The Bertz CT molecular complexity index is 1400. The van der Waals surface area contributed by atoms with Gasteiger partial charge in [0.05, 0.1) is 11.2 Å². The van der Waals surface area contributed by atoms with E-state index in [9.17, 15) is 4.39 Å². The summed E-state index contributed by atoms with van der Waals surface area (Å²) in [5.41, 5.74) is 8.31. The second kappa shape index (κ2) is 7.05. The first kappa shape index (κ1) is 19.5. The van der Waals surface area contributed by atoms with Gasteiger partial charge < -0.3 is 4.98 Å². The van der Waals surface area contributed by atoms with Crippen molar-refractivity contribution in [3.8, 4) is 22.4 Å². The summed E-state index contributed by atoms with van der Waals surface area (Å²) >= 11 is 0. The first-order valence-electron chi connectivity index (χ1n) is 10.6. The van der Waals surface area contributed by atoms with Crippen molar-refractivity contribution in [2.24, 2.45) is 0 Å². The summed E-state index contributed by atoms with van der Waals surface area (Å²) < 4.78 is 13.9. The highest BCUT2D eigenvalue weighted by Crippen LogP contribution is 2.37. The summed E-state index contributed by atoms with van der Waals surface area (Å²) in [5.74, 6) is -0.256. The van der Waals surface area contributed by atoms with Crippen LogP contribution in [0.3, 0.4) is 0 Å². The number of pyridine rings is 1. The average molecular weight is 409 g/mol. The molecule has 1 N–H and O–H groups in total. The Labute approximate surface area is 181 Å². The van der Waals surface area contributed by atoms with Crippen LogP contribution in [0.25, 0.3) is 44.3 Å². The zero-order valence-electron chi connectivity index (χ0n) is 18.3. The van der Waals surface area contributed by atoms with E-state index in [0.29, 0.717) is 0 Å². The van der Waals surface area contributed by atoms with Gasteiger partial charge in [-0.15, -0.1) is 0 Å². The van der Waals surface area contributed by atoms with Crippen LogP contribution in [-0.2, 0) is 5.41 Å². The zero-order chi connectivity index (χ0) is 21.8. The fraction of sp³-hybridized carbons (Fsp3) is 0.179. The summed E-state index contributed by atoms with van der Waals surface area (Å²) in [6, 6.07) is 24.2. The van der Waals surface area contributed by atoms with Crippen molar-refractivity contribution in [1.29, 1.82) is 0 Å². The third-order valence-electron chi connectivity index (χ3n) is 5.93. The molecule has 0 spiro atoms. The second-order valence-electron chi connectivity index (χ2n) is 9.29. The highest BCUT2D eigenvalue weighted by atomic mass is 19.1. The van der Waals surface area contributed by atoms with Crippen molar-refractivity contribution in [2.75, 3.05) is 0 Å². The minimum atomic E-state index is -0.256. The highest BCUT2D eigenvalue weighted by Gasteiger charge is 2.17. The van der Waals surface area contributed by atoms with E-state index in [2.05, 4.69) is 87.3 Å². The van der Waals surface area contributed by atoms with Gasteiger partial charge in [0.15, 0.2) is 0 Å². The molecule has 31 heavy (non-hydrogen) atoms. The molecule has 2 aromatic heterocycles. The second-order valence-corrected chi connectivity index (χ2v) is 9.29. The maximum absolute atomic E-state index is 13.9. The Morgan fingerprint density at radius 3 is 2.16 bits per heavy atom. The molecule has 0 unspecified atom stereocenters. The molecule has 0 aliphatic carbocycles. The van der Waals surface area contributed by atoms with Gasteiger partial charge >= 0.3 is 0 Å². The summed E-state index contributed by atoms with van der Waals surface area (Å²) in [5, 5.41) is 2.00. The molecule has 0 amide bonds. The van der Waals surface area contributed by atoms with E-state index in [0.717, 1.165) is 44.3 Å². The Hall–Kier alpha value is -3.46. The van der Waals surface area contributed by atoms with Crippen molar-refractivity contribution in [3.63, 3.8) is 0 Å². The number of benzene rings is 3. The lowest BCUT2D eigenvalue weighted by molar-refractivity contribution is 0.590. The summed E-state index contributed by atoms with van der Waals surface area (Å²) in [7, 11) is 0. The quantitative estimate of drug-likeness (QED) is 0.317. The molecule has 0 fully saturated rings. The molecule has 3 aromatic carbocycles. The fourth-order valence-corrected chi connectivity index (χ4v) is 4.12. The smallest absolute Gasteiger partial charge is 0.139 e. The molecule has 5 aromatic rings. The maximum atomic E-state index is 13.9. The molecule has 0 bridgehead atoms. The number of rotatable bonds is 2. The van der Waals surface area contributed by atoms with Crippen LogP contribution in [0.5, 0.6) is 0 Å². The van der Waals surface area contributed by atoms with Gasteiger partial charge in [-0.1, -0.05) is 74.9 Å². The van der Waals surface area contributed by atoms with Crippen molar-refractivity contribution >= 4 is 21.9 Å². The number of aromatic amines is 1. The van der Waals surface area contributed by atoms with Gasteiger partial charge in [-0.3, -0.25) is 0 Å². The lowest BCUT2D eigenvalue weighted by Gasteiger charge is -2.19. The summed E-state index contributed by atoms with van der Waals surface area (Å²) in [4.78, 5) is 8.24. The number of halogens is 1. The predicted molar refractivity (Wildman–Crippen MR) is 128 cm³/mol. The molecular formula is C28H25FN2. The van der Waals surface area contributed by atoms with Crippen molar-refractivity contribution in [2.45, 2.75) is 33.1 Å². The van der Waals surface area contributed by atoms with Crippen LogP contribution in [-0.4, -0.2) is 9.97 Å².